The van der Waals surface area contributed by atoms with E-state index < -0.39 is 17.4 Å². The van der Waals surface area contributed by atoms with Gasteiger partial charge in [-0.2, -0.15) is 4.80 Å². The molecule has 1 rings (SSSR count). The topological polar surface area (TPSA) is 96.2 Å². The second-order valence-electron chi connectivity index (χ2n) is 4.25. The number of rotatable bonds is 7. The van der Waals surface area contributed by atoms with Crippen LogP contribution in [0.1, 0.15) is 33.0 Å². The van der Waals surface area contributed by atoms with Gasteiger partial charge in [-0.05, 0) is 25.5 Å². The number of hydrogen-bond donors (Lipinski definition) is 0. The fourth-order valence-electron chi connectivity index (χ4n) is 1.84. The molecule has 1 heterocycles. The average molecular weight is 284 g/mol. The Labute approximate surface area is 117 Å². The molecule has 0 amide bonds. The Balaban J connectivity index is 3.09. The van der Waals surface area contributed by atoms with Crippen molar-refractivity contribution in [3.8, 4) is 0 Å². The molecule has 1 aromatic rings. The molecule has 0 spiro atoms. The van der Waals surface area contributed by atoms with Gasteiger partial charge in [0.2, 0.25) is 0 Å². The van der Waals surface area contributed by atoms with Gasteiger partial charge in [-0.1, -0.05) is 6.92 Å². The molecule has 0 radical (unpaired) electrons. The predicted octanol–water partition coefficient (Wildman–Crippen LogP) is 0.275. The summed E-state index contributed by atoms with van der Waals surface area (Å²) in [6.45, 7) is 5.47. The number of aryl methyl sites for hydroxylation is 1. The summed E-state index contributed by atoms with van der Waals surface area (Å²) in [7, 11) is 1.61. The van der Waals surface area contributed by atoms with Crippen molar-refractivity contribution in [3.05, 3.63) is 5.82 Å². The summed E-state index contributed by atoms with van der Waals surface area (Å²) in [5.74, 6) is -0.933. The molecular weight excluding hydrogens is 264 g/mol. The number of esters is 2. The van der Waals surface area contributed by atoms with E-state index in [1.165, 1.54) is 4.80 Å². The number of carbonyl (C=O) groups is 2. The third-order valence-electron chi connectivity index (χ3n) is 2.95. The minimum absolute atomic E-state index is 0.00894. The molecular formula is C12H20N4O4. The van der Waals surface area contributed by atoms with Crippen molar-refractivity contribution < 1.29 is 19.1 Å². The number of hydrogen-bond acceptors (Lipinski definition) is 7. The minimum Gasteiger partial charge on any atom is -0.465 e. The molecule has 0 atom stereocenters. The first-order valence-corrected chi connectivity index (χ1v) is 6.57. The van der Waals surface area contributed by atoms with Crippen LogP contribution in [0.2, 0.25) is 0 Å². The molecule has 0 unspecified atom stereocenters. The molecule has 0 aliphatic rings. The van der Waals surface area contributed by atoms with Crippen molar-refractivity contribution in [1.82, 2.24) is 20.2 Å². The summed E-state index contributed by atoms with van der Waals surface area (Å²) in [5.41, 5.74) is -1.42. The van der Waals surface area contributed by atoms with Gasteiger partial charge >= 0.3 is 11.9 Å². The smallest absolute Gasteiger partial charge is 0.323 e. The molecule has 0 aromatic carbocycles. The van der Waals surface area contributed by atoms with Crippen LogP contribution in [-0.2, 0) is 32.5 Å². The first kappa shape index (κ1) is 16.1. The van der Waals surface area contributed by atoms with Crippen LogP contribution in [-0.4, -0.2) is 45.4 Å². The summed E-state index contributed by atoms with van der Waals surface area (Å²) in [4.78, 5) is 25.7. The third-order valence-corrected chi connectivity index (χ3v) is 2.95. The van der Waals surface area contributed by atoms with Crippen molar-refractivity contribution >= 4 is 11.9 Å². The van der Waals surface area contributed by atoms with Gasteiger partial charge in [0, 0.05) is 6.42 Å². The molecule has 0 fully saturated rings. The van der Waals surface area contributed by atoms with E-state index in [1.807, 2.05) is 0 Å². The highest BCUT2D eigenvalue weighted by Gasteiger charge is 2.48. The molecule has 8 nitrogen and oxygen atoms in total. The van der Waals surface area contributed by atoms with E-state index >= 15 is 0 Å². The summed E-state index contributed by atoms with van der Waals surface area (Å²) in [6, 6.07) is 0. The Morgan fingerprint density at radius 2 is 1.70 bits per heavy atom. The van der Waals surface area contributed by atoms with Crippen LogP contribution >= 0.6 is 0 Å². The van der Waals surface area contributed by atoms with E-state index in [0.717, 1.165) is 0 Å². The summed E-state index contributed by atoms with van der Waals surface area (Å²) in [5, 5.41) is 11.5. The van der Waals surface area contributed by atoms with E-state index in [-0.39, 0.29) is 26.1 Å². The van der Waals surface area contributed by atoms with Crippen LogP contribution in [0.5, 0.6) is 0 Å². The van der Waals surface area contributed by atoms with Gasteiger partial charge in [-0.3, -0.25) is 9.59 Å². The second kappa shape index (κ2) is 6.97. The van der Waals surface area contributed by atoms with Gasteiger partial charge in [0.15, 0.2) is 11.2 Å². The normalized spacial score (nSPS) is 11.2. The lowest BCUT2D eigenvalue weighted by Gasteiger charge is -2.26. The van der Waals surface area contributed by atoms with E-state index in [9.17, 15) is 9.59 Å². The SMILES string of the molecule is CCOC(=O)C(CC)(Cc1nnn(C)n1)C(=O)OCC. The first-order valence-electron chi connectivity index (χ1n) is 6.57. The van der Waals surface area contributed by atoms with Crippen LogP contribution in [0.4, 0.5) is 0 Å². The Kier molecular flexibility index (Phi) is 5.60. The van der Waals surface area contributed by atoms with E-state index in [1.54, 1.807) is 27.8 Å². The molecule has 20 heavy (non-hydrogen) atoms. The molecule has 0 N–H and O–H groups in total. The van der Waals surface area contributed by atoms with Crippen molar-refractivity contribution in [2.45, 2.75) is 33.6 Å². The number of ether oxygens (including phenoxy) is 2. The molecule has 0 saturated carbocycles. The quantitative estimate of drug-likeness (QED) is 0.524. The lowest BCUT2D eigenvalue weighted by atomic mass is 9.81. The zero-order chi connectivity index (χ0) is 15.2. The lowest BCUT2D eigenvalue weighted by molar-refractivity contribution is -0.172. The lowest BCUT2D eigenvalue weighted by Crippen LogP contribution is -2.43. The van der Waals surface area contributed by atoms with Crippen LogP contribution in [0.15, 0.2) is 0 Å². The number of carbonyl (C=O) groups excluding carboxylic acids is 2. The molecule has 0 bridgehead atoms. The minimum atomic E-state index is -1.42. The van der Waals surface area contributed by atoms with Gasteiger partial charge in [-0.15, -0.1) is 10.2 Å². The maximum atomic E-state index is 12.2. The largest absolute Gasteiger partial charge is 0.465 e. The van der Waals surface area contributed by atoms with Crippen LogP contribution in [0, 0.1) is 5.41 Å². The molecule has 8 heteroatoms. The van der Waals surface area contributed by atoms with Crippen molar-refractivity contribution in [2.24, 2.45) is 12.5 Å². The van der Waals surface area contributed by atoms with E-state index in [0.29, 0.717) is 5.82 Å². The molecule has 0 aliphatic carbocycles. The molecule has 112 valence electrons. The predicted molar refractivity (Wildman–Crippen MR) is 68.5 cm³/mol. The van der Waals surface area contributed by atoms with Crippen molar-refractivity contribution in [1.29, 1.82) is 0 Å². The van der Waals surface area contributed by atoms with Crippen LogP contribution in [0.25, 0.3) is 0 Å². The highest BCUT2D eigenvalue weighted by molar-refractivity contribution is 6.00. The zero-order valence-corrected chi connectivity index (χ0v) is 12.3. The van der Waals surface area contributed by atoms with Gasteiger partial charge in [-0.25, -0.2) is 0 Å². The Hall–Kier alpha value is -1.99. The maximum Gasteiger partial charge on any atom is 0.323 e. The van der Waals surface area contributed by atoms with Gasteiger partial charge < -0.3 is 9.47 Å². The standard InChI is InChI=1S/C12H20N4O4/c1-5-12(10(17)19-6-2,11(18)20-7-3)8-9-13-15-16(4)14-9/h5-8H2,1-4H3. The van der Waals surface area contributed by atoms with Crippen molar-refractivity contribution in [2.75, 3.05) is 13.2 Å². The fraction of sp³-hybridized carbons (Fsp3) is 0.750. The van der Waals surface area contributed by atoms with Crippen molar-refractivity contribution in [3.63, 3.8) is 0 Å². The highest BCUT2D eigenvalue weighted by Crippen LogP contribution is 2.29. The van der Waals surface area contributed by atoms with E-state index in [4.69, 9.17) is 9.47 Å². The fourth-order valence-corrected chi connectivity index (χ4v) is 1.84. The molecule has 0 aliphatic heterocycles. The number of nitrogens with zero attached hydrogens (tertiary/aromatic N) is 4. The zero-order valence-electron chi connectivity index (χ0n) is 12.3. The average Bonchev–Trinajstić information content (AvgIpc) is 2.81. The first-order chi connectivity index (χ1) is 9.50. The van der Waals surface area contributed by atoms with Crippen LogP contribution < -0.4 is 0 Å². The Morgan fingerprint density at radius 3 is 2.05 bits per heavy atom. The molecule has 0 saturated heterocycles. The van der Waals surface area contributed by atoms with Crippen LogP contribution in [0.3, 0.4) is 0 Å². The Bertz CT molecular complexity index is 454. The third kappa shape index (κ3) is 3.31. The van der Waals surface area contributed by atoms with Gasteiger partial charge in [0.05, 0.1) is 20.3 Å². The molecule has 1 aromatic heterocycles. The summed E-state index contributed by atoms with van der Waals surface area (Å²) >= 11 is 0. The maximum absolute atomic E-state index is 12.2. The number of aromatic nitrogens is 4. The second-order valence-corrected chi connectivity index (χ2v) is 4.25. The number of tetrazole rings is 1. The highest BCUT2D eigenvalue weighted by atomic mass is 16.6. The monoisotopic (exact) mass is 284 g/mol. The Morgan fingerprint density at radius 1 is 1.15 bits per heavy atom. The van der Waals surface area contributed by atoms with E-state index in [2.05, 4.69) is 15.4 Å². The summed E-state index contributed by atoms with van der Waals surface area (Å²) < 4.78 is 10.0. The van der Waals surface area contributed by atoms with Gasteiger partial charge in [0.1, 0.15) is 0 Å². The van der Waals surface area contributed by atoms with Gasteiger partial charge in [0.25, 0.3) is 0 Å². The summed E-state index contributed by atoms with van der Waals surface area (Å²) in [6.07, 6.45) is 0.248.